The Kier molecular flexibility index (Phi) is 55.3. The molecule has 0 radical (unpaired) electrons. The quantitative estimate of drug-likeness (QED) is 0.0374. The molecule has 5 heteroatoms. The van der Waals surface area contributed by atoms with Gasteiger partial charge in [-0.1, -0.05) is 301 Å². The second-order valence-corrected chi connectivity index (χ2v) is 20.1. The number of aliphatic hydroxyl groups is 1. The van der Waals surface area contributed by atoms with Crippen molar-refractivity contribution < 1.29 is 24.2 Å². The molecule has 0 rings (SSSR count). The Hall–Kier alpha value is -1.62. The van der Waals surface area contributed by atoms with Gasteiger partial charge in [-0.25, -0.2) is 0 Å². The molecule has 0 aromatic carbocycles. The van der Waals surface area contributed by atoms with Crippen LogP contribution in [0.5, 0.6) is 0 Å². The molecule has 0 amide bonds. The van der Waals surface area contributed by atoms with Crippen LogP contribution in [0.4, 0.5) is 0 Å². The summed E-state index contributed by atoms with van der Waals surface area (Å²) >= 11 is 0. The predicted molar refractivity (Wildman–Crippen MR) is 284 cm³/mol. The van der Waals surface area contributed by atoms with Crippen LogP contribution in [0.3, 0.4) is 0 Å². The maximum absolute atomic E-state index is 12.2. The van der Waals surface area contributed by atoms with Gasteiger partial charge in [-0.15, -0.1) is 0 Å². The van der Waals surface area contributed by atoms with E-state index in [9.17, 15) is 14.7 Å². The summed E-state index contributed by atoms with van der Waals surface area (Å²) in [6.07, 6.45) is 72.0. The minimum atomic E-state index is -0.775. The van der Waals surface area contributed by atoms with E-state index in [1.807, 2.05) is 0 Å². The van der Waals surface area contributed by atoms with Crippen molar-refractivity contribution >= 4 is 11.9 Å². The molecule has 0 aliphatic heterocycles. The smallest absolute Gasteiger partial charge is 0.306 e. The second kappa shape index (κ2) is 56.7. The molecule has 65 heavy (non-hydrogen) atoms. The van der Waals surface area contributed by atoms with Crippen molar-refractivity contribution in [2.75, 3.05) is 13.2 Å². The largest absolute Gasteiger partial charge is 0.462 e. The van der Waals surface area contributed by atoms with E-state index in [2.05, 4.69) is 38.2 Å². The molecule has 384 valence electrons. The number of carbonyl (C=O) groups excluding carboxylic acids is 2. The maximum atomic E-state index is 12.2. The van der Waals surface area contributed by atoms with Crippen molar-refractivity contribution in [1.82, 2.24) is 0 Å². The zero-order chi connectivity index (χ0) is 47.0. The Labute approximate surface area is 406 Å². The van der Waals surface area contributed by atoms with Gasteiger partial charge < -0.3 is 14.6 Å². The first-order chi connectivity index (χ1) is 32.1. The van der Waals surface area contributed by atoms with Crippen LogP contribution in [-0.2, 0) is 19.1 Å². The number of hydrogen-bond donors (Lipinski definition) is 1. The lowest BCUT2D eigenvalue weighted by molar-refractivity contribution is -0.161. The number of carbonyl (C=O) groups is 2. The number of esters is 2. The fourth-order valence-electron chi connectivity index (χ4n) is 9.07. The van der Waals surface area contributed by atoms with Gasteiger partial charge in [0.2, 0.25) is 0 Å². The molecule has 0 saturated carbocycles. The normalized spacial score (nSPS) is 12.2. The predicted octanol–water partition coefficient (Wildman–Crippen LogP) is 19.7. The number of hydrogen-bond acceptors (Lipinski definition) is 5. The summed E-state index contributed by atoms with van der Waals surface area (Å²) in [5, 5.41) is 9.61. The van der Waals surface area contributed by atoms with Crippen LogP contribution in [0.1, 0.15) is 328 Å². The number of unbranched alkanes of at least 4 members (excludes halogenated alkanes) is 43. The first-order valence-electron chi connectivity index (χ1n) is 29.4. The average Bonchev–Trinajstić information content (AvgIpc) is 3.31. The fourth-order valence-corrected chi connectivity index (χ4v) is 9.07. The number of ether oxygens (including phenoxy) is 2. The summed E-state index contributed by atoms with van der Waals surface area (Å²) in [4.78, 5) is 24.4. The molecule has 0 spiro atoms. The molecule has 0 aliphatic carbocycles. The highest BCUT2D eigenvalue weighted by Crippen LogP contribution is 2.18. The Morgan fingerprint density at radius 3 is 0.969 bits per heavy atom. The average molecular weight is 916 g/mol. The van der Waals surface area contributed by atoms with Crippen LogP contribution in [0, 0.1) is 0 Å². The summed E-state index contributed by atoms with van der Waals surface area (Å²) in [5.74, 6) is -0.593. The summed E-state index contributed by atoms with van der Waals surface area (Å²) in [5.41, 5.74) is 0. The van der Waals surface area contributed by atoms with Crippen LogP contribution >= 0.6 is 0 Å². The van der Waals surface area contributed by atoms with E-state index >= 15 is 0 Å². The SMILES string of the molecule is CCC/C=C\C/C=C\CCCCCCCC(=O)OC(CO)COC(=O)CCCCCCCCCCCCCCCCCCCCCCCCCCCCCCCCCCCCCCCC. The number of allylic oxidation sites excluding steroid dienone is 4. The Morgan fingerprint density at radius 2 is 0.646 bits per heavy atom. The minimum Gasteiger partial charge on any atom is -0.462 e. The first kappa shape index (κ1) is 63.4. The van der Waals surface area contributed by atoms with Crippen LogP contribution in [-0.4, -0.2) is 36.4 Å². The van der Waals surface area contributed by atoms with Crippen molar-refractivity contribution in [3.05, 3.63) is 24.3 Å². The van der Waals surface area contributed by atoms with Gasteiger partial charge in [0.1, 0.15) is 6.61 Å². The van der Waals surface area contributed by atoms with Gasteiger partial charge in [0.25, 0.3) is 0 Å². The highest BCUT2D eigenvalue weighted by Gasteiger charge is 2.16. The van der Waals surface area contributed by atoms with E-state index in [1.54, 1.807) is 0 Å². The Balaban J connectivity index is 3.33. The van der Waals surface area contributed by atoms with Crippen molar-refractivity contribution in [3.8, 4) is 0 Å². The van der Waals surface area contributed by atoms with Gasteiger partial charge in [-0.05, 0) is 38.5 Å². The molecule has 0 aromatic rings. The van der Waals surface area contributed by atoms with Crippen LogP contribution in [0.2, 0.25) is 0 Å². The molecule has 1 unspecified atom stereocenters. The molecule has 0 aromatic heterocycles. The Morgan fingerprint density at radius 1 is 0.354 bits per heavy atom. The molecule has 0 bridgehead atoms. The lowest BCUT2D eigenvalue weighted by Gasteiger charge is -2.15. The monoisotopic (exact) mass is 915 g/mol. The molecule has 0 aliphatic rings. The second-order valence-electron chi connectivity index (χ2n) is 20.1. The van der Waals surface area contributed by atoms with E-state index in [1.165, 1.54) is 244 Å². The molecule has 1 N–H and O–H groups in total. The maximum Gasteiger partial charge on any atom is 0.306 e. The van der Waals surface area contributed by atoms with E-state index in [4.69, 9.17) is 9.47 Å². The lowest BCUT2D eigenvalue weighted by Crippen LogP contribution is -2.28. The highest BCUT2D eigenvalue weighted by atomic mass is 16.6. The molecule has 0 saturated heterocycles. The van der Waals surface area contributed by atoms with Gasteiger partial charge in [0.15, 0.2) is 6.10 Å². The Bertz CT molecular complexity index is 990. The van der Waals surface area contributed by atoms with E-state index in [0.29, 0.717) is 12.8 Å². The minimum absolute atomic E-state index is 0.0668. The van der Waals surface area contributed by atoms with Gasteiger partial charge in [0, 0.05) is 12.8 Å². The van der Waals surface area contributed by atoms with Gasteiger partial charge in [0.05, 0.1) is 6.61 Å². The fraction of sp³-hybridized carbons (Fsp3) is 0.900. The van der Waals surface area contributed by atoms with E-state index in [-0.39, 0.29) is 25.2 Å². The topological polar surface area (TPSA) is 72.8 Å². The van der Waals surface area contributed by atoms with Gasteiger partial charge in [-0.3, -0.25) is 9.59 Å². The van der Waals surface area contributed by atoms with Crippen molar-refractivity contribution in [2.45, 2.75) is 335 Å². The molecular formula is C60H114O5. The molecular weight excluding hydrogens is 801 g/mol. The van der Waals surface area contributed by atoms with Crippen molar-refractivity contribution in [3.63, 3.8) is 0 Å². The standard InChI is InChI=1S/C60H114O5/c1-3-5-7-9-11-13-15-17-18-19-20-21-22-23-24-25-26-27-28-29-30-31-32-33-34-35-36-37-38-39-40-41-43-44-46-48-50-52-54-59(62)64-57-58(56-61)65-60(63)55-53-51-49-47-45-42-16-14-12-10-8-6-4-2/h8,10,14,16,58,61H,3-7,9,11-13,15,17-57H2,1-2H3/b10-8-,16-14-. The number of aliphatic hydroxyl groups excluding tert-OH is 1. The van der Waals surface area contributed by atoms with Crippen molar-refractivity contribution in [2.24, 2.45) is 0 Å². The summed E-state index contributed by atoms with van der Waals surface area (Å²) in [6.45, 7) is 4.10. The van der Waals surface area contributed by atoms with Crippen molar-refractivity contribution in [1.29, 1.82) is 0 Å². The zero-order valence-corrected chi connectivity index (χ0v) is 44.0. The van der Waals surface area contributed by atoms with E-state index in [0.717, 1.165) is 57.8 Å². The van der Waals surface area contributed by atoms with Gasteiger partial charge >= 0.3 is 11.9 Å². The van der Waals surface area contributed by atoms with Crippen LogP contribution < -0.4 is 0 Å². The van der Waals surface area contributed by atoms with E-state index < -0.39 is 6.10 Å². The molecule has 0 heterocycles. The highest BCUT2D eigenvalue weighted by molar-refractivity contribution is 5.70. The zero-order valence-electron chi connectivity index (χ0n) is 44.0. The van der Waals surface area contributed by atoms with Gasteiger partial charge in [-0.2, -0.15) is 0 Å². The van der Waals surface area contributed by atoms with Crippen LogP contribution in [0.15, 0.2) is 24.3 Å². The third-order valence-corrected chi connectivity index (χ3v) is 13.5. The summed E-state index contributed by atoms with van der Waals surface area (Å²) in [7, 11) is 0. The third-order valence-electron chi connectivity index (χ3n) is 13.5. The molecule has 0 fully saturated rings. The van der Waals surface area contributed by atoms with Crippen LogP contribution in [0.25, 0.3) is 0 Å². The first-order valence-corrected chi connectivity index (χ1v) is 29.4. The molecule has 5 nitrogen and oxygen atoms in total. The third kappa shape index (κ3) is 54.9. The molecule has 1 atom stereocenters. The number of rotatable bonds is 55. The summed E-state index contributed by atoms with van der Waals surface area (Å²) < 4.78 is 10.7. The lowest BCUT2D eigenvalue weighted by atomic mass is 10.0. The summed E-state index contributed by atoms with van der Waals surface area (Å²) in [6, 6.07) is 0.